The summed E-state index contributed by atoms with van der Waals surface area (Å²) in [6, 6.07) is 0. The van der Waals surface area contributed by atoms with Crippen molar-refractivity contribution in [2.24, 2.45) is 0 Å². The average molecular weight is 247 g/mol. The quantitative estimate of drug-likeness (QED) is 0.818. The Labute approximate surface area is 104 Å². The number of aromatic nitrogens is 4. The molecular formula is C11H13N5O2. The van der Waals surface area contributed by atoms with Crippen LogP contribution in [0.2, 0.25) is 0 Å². The SMILES string of the molecule is CCn1cc(CNc2nccnc2C(=O)O)cn1. The summed E-state index contributed by atoms with van der Waals surface area (Å²) >= 11 is 0. The highest BCUT2D eigenvalue weighted by Gasteiger charge is 2.12. The maximum absolute atomic E-state index is 10.9. The van der Waals surface area contributed by atoms with Crippen LogP contribution in [0.3, 0.4) is 0 Å². The molecule has 2 rings (SSSR count). The second kappa shape index (κ2) is 5.26. The molecule has 0 atom stereocenters. The van der Waals surface area contributed by atoms with Crippen molar-refractivity contribution in [3.8, 4) is 0 Å². The molecule has 18 heavy (non-hydrogen) atoms. The fraction of sp³-hybridized carbons (Fsp3) is 0.273. The summed E-state index contributed by atoms with van der Waals surface area (Å²) in [6.07, 6.45) is 6.42. The number of aryl methyl sites for hydroxylation is 1. The van der Waals surface area contributed by atoms with Gasteiger partial charge in [-0.2, -0.15) is 5.10 Å². The Morgan fingerprint density at radius 2 is 2.22 bits per heavy atom. The summed E-state index contributed by atoms with van der Waals surface area (Å²) in [5.74, 6) is -0.843. The molecule has 2 aromatic heterocycles. The molecule has 0 aliphatic heterocycles. The van der Waals surface area contributed by atoms with Crippen LogP contribution >= 0.6 is 0 Å². The van der Waals surface area contributed by atoms with Crippen molar-refractivity contribution in [1.29, 1.82) is 0 Å². The van der Waals surface area contributed by atoms with Crippen LogP contribution in [0.15, 0.2) is 24.8 Å². The average Bonchev–Trinajstić information content (AvgIpc) is 2.84. The van der Waals surface area contributed by atoms with Crippen LogP contribution in [-0.2, 0) is 13.1 Å². The van der Waals surface area contributed by atoms with Gasteiger partial charge in [-0.1, -0.05) is 0 Å². The Morgan fingerprint density at radius 1 is 1.44 bits per heavy atom. The molecule has 0 fully saturated rings. The number of carboxylic acids is 1. The van der Waals surface area contributed by atoms with Crippen LogP contribution in [0, 0.1) is 0 Å². The molecule has 94 valence electrons. The van der Waals surface area contributed by atoms with Crippen molar-refractivity contribution in [2.45, 2.75) is 20.0 Å². The van der Waals surface area contributed by atoms with E-state index in [1.165, 1.54) is 12.4 Å². The second-order valence-corrected chi connectivity index (χ2v) is 3.62. The number of aromatic carboxylic acids is 1. The predicted octanol–water partition coefficient (Wildman–Crippen LogP) is 1.00. The zero-order valence-electron chi connectivity index (χ0n) is 9.87. The first-order valence-electron chi connectivity index (χ1n) is 5.50. The van der Waals surface area contributed by atoms with Crippen molar-refractivity contribution < 1.29 is 9.90 Å². The minimum absolute atomic E-state index is 0.0830. The second-order valence-electron chi connectivity index (χ2n) is 3.62. The summed E-state index contributed by atoms with van der Waals surface area (Å²) < 4.78 is 1.80. The molecule has 0 spiro atoms. The number of nitrogens with zero attached hydrogens (tertiary/aromatic N) is 4. The van der Waals surface area contributed by atoms with E-state index in [-0.39, 0.29) is 11.5 Å². The van der Waals surface area contributed by atoms with Gasteiger partial charge in [0.25, 0.3) is 0 Å². The van der Waals surface area contributed by atoms with Gasteiger partial charge in [-0.15, -0.1) is 0 Å². The van der Waals surface area contributed by atoms with Crippen molar-refractivity contribution >= 4 is 11.8 Å². The monoisotopic (exact) mass is 247 g/mol. The zero-order valence-corrected chi connectivity index (χ0v) is 9.87. The molecule has 2 heterocycles. The molecule has 0 saturated carbocycles. The van der Waals surface area contributed by atoms with Gasteiger partial charge in [-0.05, 0) is 6.92 Å². The molecule has 0 unspecified atom stereocenters. The maximum atomic E-state index is 10.9. The van der Waals surface area contributed by atoms with Crippen LogP contribution in [-0.4, -0.2) is 30.8 Å². The molecular weight excluding hydrogens is 234 g/mol. The Kier molecular flexibility index (Phi) is 3.52. The summed E-state index contributed by atoms with van der Waals surface area (Å²) in [4.78, 5) is 18.7. The van der Waals surface area contributed by atoms with Crippen molar-refractivity contribution in [1.82, 2.24) is 19.7 Å². The number of carbonyl (C=O) groups is 1. The largest absolute Gasteiger partial charge is 0.476 e. The minimum atomic E-state index is -1.10. The Hall–Kier alpha value is -2.44. The van der Waals surface area contributed by atoms with Gasteiger partial charge >= 0.3 is 5.97 Å². The fourth-order valence-electron chi connectivity index (χ4n) is 1.48. The number of anilines is 1. The summed E-state index contributed by atoms with van der Waals surface area (Å²) in [5, 5.41) is 16.0. The molecule has 0 amide bonds. The van der Waals surface area contributed by atoms with Crippen molar-refractivity contribution in [3.05, 3.63) is 36.0 Å². The first kappa shape index (κ1) is 12.0. The topological polar surface area (TPSA) is 92.9 Å². The highest BCUT2D eigenvalue weighted by molar-refractivity contribution is 5.90. The van der Waals surface area contributed by atoms with Gasteiger partial charge in [-0.25, -0.2) is 14.8 Å². The first-order chi connectivity index (χ1) is 8.70. The lowest BCUT2D eigenvalue weighted by Crippen LogP contribution is -2.09. The third-order valence-electron chi connectivity index (χ3n) is 2.37. The van der Waals surface area contributed by atoms with Crippen molar-refractivity contribution in [3.63, 3.8) is 0 Å². The molecule has 2 aromatic rings. The highest BCUT2D eigenvalue weighted by Crippen LogP contribution is 2.10. The fourth-order valence-corrected chi connectivity index (χ4v) is 1.48. The smallest absolute Gasteiger partial charge is 0.358 e. The Morgan fingerprint density at radius 3 is 2.89 bits per heavy atom. The maximum Gasteiger partial charge on any atom is 0.358 e. The normalized spacial score (nSPS) is 10.3. The predicted molar refractivity (Wildman–Crippen MR) is 64.2 cm³/mol. The van der Waals surface area contributed by atoms with E-state index in [0.717, 1.165) is 12.1 Å². The number of hydrogen-bond acceptors (Lipinski definition) is 5. The van der Waals surface area contributed by atoms with Crippen molar-refractivity contribution in [2.75, 3.05) is 5.32 Å². The summed E-state index contributed by atoms with van der Waals surface area (Å²) in [5.41, 5.74) is 0.874. The molecule has 0 aromatic carbocycles. The molecule has 0 radical (unpaired) electrons. The molecule has 0 aliphatic carbocycles. The molecule has 0 bridgehead atoms. The van der Waals surface area contributed by atoms with E-state index in [9.17, 15) is 4.79 Å². The van der Waals surface area contributed by atoms with E-state index in [1.807, 2.05) is 13.1 Å². The van der Waals surface area contributed by atoms with E-state index >= 15 is 0 Å². The van der Waals surface area contributed by atoms with Gasteiger partial charge in [0.05, 0.1) is 6.20 Å². The van der Waals surface area contributed by atoms with E-state index in [2.05, 4.69) is 20.4 Å². The molecule has 7 heteroatoms. The van der Waals surface area contributed by atoms with Gasteiger partial charge in [0.1, 0.15) is 0 Å². The van der Waals surface area contributed by atoms with Gasteiger partial charge in [-0.3, -0.25) is 4.68 Å². The number of hydrogen-bond donors (Lipinski definition) is 2. The molecule has 0 aliphatic rings. The van der Waals surface area contributed by atoms with E-state index in [4.69, 9.17) is 5.11 Å². The minimum Gasteiger partial charge on any atom is -0.476 e. The third-order valence-corrected chi connectivity index (χ3v) is 2.37. The van der Waals surface area contributed by atoms with Gasteiger partial charge in [0.2, 0.25) is 0 Å². The number of carboxylic acid groups (broad SMARTS) is 1. The molecule has 2 N–H and O–H groups in total. The Balaban J connectivity index is 2.08. The van der Waals surface area contributed by atoms with Crippen LogP contribution in [0.5, 0.6) is 0 Å². The van der Waals surface area contributed by atoms with Gasteiger partial charge < -0.3 is 10.4 Å². The van der Waals surface area contributed by atoms with Gasteiger partial charge in [0, 0.05) is 37.2 Å². The van der Waals surface area contributed by atoms with Crippen LogP contribution < -0.4 is 5.32 Å². The summed E-state index contributed by atoms with van der Waals surface area (Å²) in [7, 11) is 0. The Bertz CT molecular complexity index is 552. The number of nitrogens with one attached hydrogen (secondary N) is 1. The lowest BCUT2D eigenvalue weighted by atomic mass is 10.3. The van der Waals surface area contributed by atoms with Crippen LogP contribution in [0.1, 0.15) is 23.0 Å². The standard InChI is InChI=1S/C11H13N5O2/c1-2-16-7-8(6-15-16)5-14-10-9(11(17)18)12-3-4-13-10/h3-4,6-7H,2,5H2,1H3,(H,13,14)(H,17,18). The van der Waals surface area contributed by atoms with Gasteiger partial charge in [0.15, 0.2) is 11.5 Å². The highest BCUT2D eigenvalue weighted by atomic mass is 16.4. The zero-order chi connectivity index (χ0) is 13.0. The van der Waals surface area contributed by atoms with Crippen LogP contribution in [0.25, 0.3) is 0 Å². The molecule has 7 nitrogen and oxygen atoms in total. The summed E-state index contributed by atoms with van der Waals surface area (Å²) in [6.45, 7) is 3.25. The van der Waals surface area contributed by atoms with Crippen LogP contribution in [0.4, 0.5) is 5.82 Å². The van der Waals surface area contributed by atoms with E-state index < -0.39 is 5.97 Å². The lowest BCUT2D eigenvalue weighted by molar-refractivity contribution is 0.0691. The number of rotatable bonds is 5. The third kappa shape index (κ3) is 2.62. The van der Waals surface area contributed by atoms with E-state index in [1.54, 1.807) is 10.9 Å². The van der Waals surface area contributed by atoms with E-state index in [0.29, 0.717) is 6.54 Å². The molecule has 0 saturated heterocycles. The first-order valence-corrected chi connectivity index (χ1v) is 5.50. The lowest BCUT2D eigenvalue weighted by Gasteiger charge is -2.05.